The summed E-state index contributed by atoms with van der Waals surface area (Å²) in [6.07, 6.45) is 2.47. The van der Waals surface area contributed by atoms with Gasteiger partial charge in [-0.2, -0.15) is 0 Å². The molecule has 1 aromatic heterocycles. The van der Waals surface area contributed by atoms with Crippen LogP contribution in [0.15, 0.2) is 23.6 Å². The minimum Gasteiger partial charge on any atom is -0.326 e. The summed E-state index contributed by atoms with van der Waals surface area (Å²) in [7, 11) is 0. The highest BCUT2D eigenvalue weighted by molar-refractivity contribution is 7.14. The summed E-state index contributed by atoms with van der Waals surface area (Å²) in [5.41, 5.74) is 1.15. The van der Waals surface area contributed by atoms with Gasteiger partial charge in [-0.05, 0) is 43.5 Å². The lowest BCUT2D eigenvalue weighted by molar-refractivity contribution is -0.115. The Labute approximate surface area is 161 Å². The summed E-state index contributed by atoms with van der Waals surface area (Å²) in [6.45, 7) is 2.47. The smallest absolute Gasteiger partial charge is 0.240 e. The molecule has 0 aliphatic heterocycles. The maximum absolute atomic E-state index is 14.2. The fourth-order valence-corrected chi connectivity index (χ4v) is 3.06. The Morgan fingerprint density at radius 3 is 2.73 bits per heavy atom. The van der Waals surface area contributed by atoms with E-state index in [0.717, 1.165) is 6.54 Å². The van der Waals surface area contributed by atoms with Crippen LogP contribution < -0.4 is 16.0 Å². The number of aromatic nitrogens is 1. The lowest BCUT2D eigenvalue weighted by Crippen LogP contribution is -2.29. The predicted octanol–water partition coefficient (Wildman–Crippen LogP) is 3.27. The van der Waals surface area contributed by atoms with Crippen molar-refractivity contribution >= 4 is 46.4 Å². The third kappa shape index (κ3) is 5.76. The Morgan fingerprint density at radius 2 is 2.08 bits per heavy atom. The molecule has 1 aliphatic rings. The fraction of sp³-hybridized carbons (Fsp3) is 0.353. The van der Waals surface area contributed by atoms with E-state index in [1.807, 2.05) is 0 Å². The number of halogens is 2. The molecule has 140 valence electrons. The maximum Gasteiger partial charge on any atom is 0.240 e. The van der Waals surface area contributed by atoms with Crippen LogP contribution in [0.5, 0.6) is 0 Å². The molecule has 3 rings (SSSR count). The van der Waals surface area contributed by atoms with Crippen molar-refractivity contribution in [3.05, 3.63) is 29.4 Å². The molecular weight excluding hydrogens is 379 g/mol. The molecule has 0 unspecified atom stereocenters. The van der Waals surface area contributed by atoms with E-state index in [1.54, 1.807) is 17.5 Å². The van der Waals surface area contributed by atoms with Gasteiger partial charge in [-0.25, -0.2) is 9.37 Å². The summed E-state index contributed by atoms with van der Waals surface area (Å²) >= 11 is 1.24. The van der Waals surface area contributed by atoms with Gasteiger partial charge in [0, 0.05) is 23.6 Å². The van der Waals surface area contributed by atoms with E-state index in [1.165, 1.54) is 37.2 Å². The molecule has 9 heteroatoms. The molecule has 0 bridgehead atoms. The van der Waals surface area contributed by atoms with Crippen LogP contribution in [-0.2, 0) is 9.59 Å². The van der Waals surface area contributed by atoms with E-state index in [9.17, 15) is 14.0 Å². The molecule has 0 radical (unpaired) electrons. The number of nitrogens with zero attached hydrogens (tertiary/aromatic N) is 1. The third-order valence-corrected chi connectivity index (χ3v) is 4.49. The van der Waals surface area contributed by atoms with Crippen molar-refractivity contribution in [2.45, 2.75) is 19.8 Å². The molecule has 2 aromatic rings. The summed E-state index contributed by atoms with van der Waals surface area (Å²) in [4.78, 5) is 27.1. The molecule has 1 aromatic carbocycles. The number of anilines is 2. The molecule has 0 spiro atoms. The Balaban J connectivity index is 0.00000243. The lowest BCUT2D eigenvalue weighted by Gasteiger charge is -2.05. The zero-order valence-corrected chi connectivity index (χ0v) is 15.8. The van der Waals surface area contributed by atoms with Gasteiger partial charge in [0.25, 0.3) is 0 Å². The van der Waals surface area contributed by atoms with Crippen LogP contribution in [0.2, 0.25) is 0 Å². The van der Waals surface area contributed by atoms with Crippen molar-refractivity contribution in [2.24, 2.45) is 5.92 Å². The first-order valence-corrected chi connectivity index (χ1v) is 8.93. The van der Waals surface area contributed by atoms with Crippen molar-refractivity contribution < 1.29 is 14.0 Å². The monoisotopic (exact) mass is 398 g/mol. The highest BCUT2D eigenvalue weighted by Crippen LogP contribution is 2.29. The van der Waals surface area contributed by atoms with Crippen LogP contribution in [0, 0.1) is 11.7 Å². The molecule has 0 atom stereocenters. The molecular formula is C17H20ClFN4O2S. The highest BCUT2D eigenvalue weighted by atomic mass is 35.5. The number of amides is 2. The zero-order valence-electron chi connectivity index (χ0n) is 14.2. The number of carbonyl (C=O) groups is 2. The lowest BCUT2D eigenvalue weighted by atomic mass is 10.1. The fourth-order valence-electron chi connectivity index (χ4n) is 2.33. The van der Waals surface area contributed by atoms with E-state index >= 15 is 0 Å². The molecule has 2 amide bonds. The molecule has 6 nitrogen and oxygen atoms in total. The Hall–Kier alpha value is -2.03. The van der Waals surface area contributed by atoms with Gasteiger partial charge in [0.2, 0.25) is 11.8 Å². The number of nitrogens with one attached hydrogen (secondary N) is 3. The third-order valence-electron chi connectivity index (χ3n) is 3.73. The minimum atomic E-state index is -0.486. The summed E-state index contributed by atoms with van der Waals surface area (Å²) in [5.74, 6) is -0.202. The van der Waals surface area contributed by atoms with Crippen LogP contribution in [0.25, 0.3) is 11.3 Å². The van der Waals surface area contributed by atoms with Crippen LogP contribution >= 0.6 is 23.7 Å². The average Bonchev–Trinajstić information content (AvgIpc) is 3.25. The van der Waals surface area contributed by atoms with Crippen LogP contribution in [-0.4, -0.2) is 29.9 Å². The Kier molecular flexibility index (Phi) is 7.07. The molecule has 3 N–H and O–H groups in total. The van der Waals surface area contributed by atoms with Crippen molar-refractivity contribution in [3.8, 4) is 11.3 Å². The molecule has 1 aliphatic carbocycles. The molecule has 1 heterocycles. The van der Waals surface area contributed by atoms with Gasteiger partial charge in [-0.15, -0.1) is 23.7 Å². The van der Waals surface area contributed by atoms with Gasteiger partial charge in [-0.1, -0.05) is 0 Å². The van der Waals surface area contributed by atoms with Crippen molar-refractivity contribution in [1.82, 2.24) is 10.3 Å². The first kappa shape index (κ1) is 20.3. The van der Waals surface area contributed by atoms with Crippen molar-refractivity contribution in [3.63, 3.8) is 0 Å². The molecule has 1 saturated carbocycles. The number of hydrogen-bond donors (Lipinski definition) is 3. The topological polar surface area (TPSA) is 83.1 Å². The summed E-state index contributed by atoms with van der Waals surface area (Å²) < 4.78 is 14.2. The SMILES string of the molecule is CC(=O)Nc1ccc(-c2csc(NC(=O)CNCC3CC3)n2)c(F)c1.Cl. The highest BCUT2D eigenvalue weighted by Gasteiger charge is 2.20. The van der Waals surface area contributed by atoms with Gasteiger partial charge in [0.05, 0.1) is 12.2 Å². The normalized spacial score (nSPS) is 13.0. The molecule has 1 fully saturated rings. The number of rotatable bonds is 7. The van der Waals surface area contributed by atoms with Gasteiger partial charge in [0.15, 0.2) is 5.13 Å². The largest absolute Gasteiger partial charge is 0.326 e. The first-order valence-electron chi connectivity index (χ1n) is 8.05. The second kappa shape index (κ2) is 9.07. The van der Waals surface area contributed by atoms with Crippen LogP contribution in [0.3, 0.4) is 0 Å². The van der Waals surface area contributed by atoms with E-state index in [0.29, 0.717) is 28.0 Å². The number of hydrogen-bond acceptors (Lipinski definition) is 5. The predicted molar refractivity (Wildman–Crippen MR) is 103 cm³/mol. The standard InChI is InChI=1S/C17H19FN4O2S.ClH/c1-10(23)20-12-4-5-13(14(18)6-12)15-9-25-17(21-15)22-16(24)8-19-7-11-2-3-11;/h4-6,9,11,19H,2-3,7-8H2,1H3,(H,20,23)(H,21,22,24);1H. The van der Waals surface area contributed by atoms with Crippen LogP contribution in [0.1, 0.15) is 19.8 Å². The van der Waals surface area contributed by atoms with Crippen molar-refractivity contribution in [2.75, 3.05) is 23.7 Å². The van der Waals surface area contributed by atoms with Gasteiger partial charge in [-0.3, -0.25) is 9.59 Å². The quantitative estimate of drug-likeness (QED) is 0.668. The van der Waals surface area contributed by atoms with Crippen molar-refractivity contribution in [1.29, 1.82) is 0 Å². The number of thiazole rings is 1. The first-order chi connectivity index (χ1) is 12.0. The van der Waals surface area contributed by atoms with E-state index < -0.39 is 5.82 Å². The molecule has 26 heavy (non-hydrogen) atoms. The summed E-state index contributed by atoms with van der Waals surface area (Å²) in [6, 6.07) is 4.41. The number of carbonyl (C=O) groups excluding carboxylic acids is 2. The van der Waals surface area contributed by atoms with Crippen LogP contribution in [0.4, 0.5) is 15.2 Å². The maximum atomic E-state index is 14.2. The second-order valence-corrected chi connectivity index (χ2v) is 6.89. The van der Waals surface area contributed by atoms with E-state index in [-0.39, 0.29) is 30.8 Å². The van der Waals surface area contributed by atoms with Gasteiger partial charge >= 0.3 is 0 Å². The Morgan fingerprint density at radius 1 is 1.31 bits per heavy atom. The summed E-state index contributed by atoms with van der Waals surface area (Å²) in [5, 5.41) is 10.5. The number of benzene rings is 1. The Bertz CT molecular complexity index is 795. The minimum absolute atomic E-state index is 0. The second-order valence-electron chi connectivity index (χ2n) is 6.04. The van der Waals surface area contributed by atoms with Gasteiger partial charge in [0.1, 0.15) is 5.82 Å². The molecule has 0 saturated heterocycles. The zero-order chi connectivity index (χ0) is 17.8. The van der Waals surface area contributed by atoms with E-state index in [4.69, 9.17) is 0 Å². The van der Waals surface area contributed by atoms with Gasteiger partial charge < -0.3 is 16.0 Å². The van der Waals surface area contributed by atoms with E-state index in [2.05, 4.69) is 20.9 Å². The average molecular weight is 399 g/mol.